The zero-order valence-corrected chi connectivity index (χ0v) is 13.2. The zero-order valence-electron chi connectivity index (χ0n) is 13.2. The number of methoxy groups -OCH3 is 3. The molecule has 116 valence electrons. The van der Waals surface area contributed by atoms with Crippen molar-refractivity contribution in [1.29, 1.82) is 0 Å². The molecule has 2 aromatic rings. The second-order valence-corrected chi connectivity index (χ2v) is 4.84. The third-order valence-corrected chi connectivity index (χ3v) is 3.36. The molecule has 0 radical (unpaired) electrons. The lowest BCUT2D eigenvalue weighted by Gasteiger charge is -2.11. The number of hydrogen-bond donors (Lipinski definition) is 1. The van der Waals surface area contributed by atoms with Crippen molar-refractivity contribution in [3.05, 3.63) is 47.0 Å². The molecule has 0 aliphatic heterocycles. The first-order chi connectivity index (χ1) is 10.6. The molecular formula is C18H20O4. The van der Waals surface area contributed by atoms with E-state index in [4.69, 9.17) is 14.2 Å². The zero-order chi connectivity index (χ0) is 16.1. The maximum Gasteiger partial charge on any atom is 0.163 e. The van der Waals surface area contributed by atoms with E-state index in [9.17, 15) is 5.11 Å². The molecule has 0 atom stereocenters. The van der Waals surface area contributed by atoms with Gasteiger partial charge in [-0.25, -0.2) is 0 Å². The summed E-state index contributed by atoms with van der Waals surface area (Å²) in [7, 11) is 4.77. The standard InChI is InChI=1S/C18H20O4/c1-12-9-14(11-17(21-3)18(12)22-4)6-5-13-7-8-16(20-2)15(19)10-13/h5-11,19H,1-4H3/b6-5-. The fourth-order valence-electron chi connectivity index (χ4n) is 2.28. The monoisotopic (exact) mass is 300 g/mol. The number of benzene rings is 2. The molecular weight excluding hydrogens is 280 g/mol. The van der Waals surface area contributed by atoms with E-state index in [1.807, 2.05) is 37.3 Å². The van der Waals surface area contributed by atoms with Crippen LogP contribution in [0.25, 0.3) is 12.2 Å². The van der Waals surface area contributed by atoms with Crippen LogP contribution < -0.4 is 14.2 Å². The minimum Gasteiger partial charge on any atom is -0.504 e. The van der Waals surface area contributed by atoms with E-state index in [-0.39, 0.29) is 5.75 Å². The molecule has 0 bridgehead atoms. The Bertz CT molecular complexity index is 690. The van der Waals surface area contributed by atoms with Gasteiger partial charge in [0.25, 0.3) is 0 Å². The third kappa shape index (κ3) is 3.34. The lowest BCUT2D eigenvalue weighted by Crippen LogP contribution is -1.93. The quantitative estimate of drug-likeness (QED) is 0.851. The Morgan fingerprint density at radius 2 is 1.50 bits per heavy atom. The fraction of sp³-hybridized carbons (Fsp3) is 0.222. The van der Waals surface area contributed by atoms with Gasteiger partial charge in [-0.05, 0) is 47.9 Å². The summed E-state index contributed by atoms with van der Waals surface area (Å²) >= 11 is 0. The fourth-order valence-corrected chi connectivity index (χ4v) is 2.28. The summed E-state index contributed by atoms with van der Waals surface area (Å²) in [5.74, 6) is 2.01. The summed E-state index contributed by atoms with van der Waals surface area (Å²) < 4.78 is 15.7. The van der Waals surface area contributed by atoms with Gasteiger partial charge in [-0.3, -0.25) is 0 Å². The van der Waals surface area contributed by atoms with Gasteiger partial charge in [-0.15, -0.1) is 0 Å². The lowest BCUT2D eigenvalue weighted by atomic mass is 10.1. The number of phenols is 1. The van der Waals surface area contributed by atoms with Crippen LogP contribution in [0, 0.1) is 6.92 Å². The van der Waals surface area contributed by atoms with Crippen LogP contribution in [-0.2, 0) is 0 Å². The minimum absolute atomic E-state index is 0.119. The van der Waals surface area contributed by atoms with Gasteiger partial charge in [-0.1, -0.05) is 18.2 Å². The molecule has 0 fully saturated rings. The van der Waals surface area contributed by atoms with Crippen molar-refractivity contribution < 1.29 is 19.3 Å². The van der Waals surface area contributed by atoms with Crippen molar-refractivity contribution in [2.45, 2.75) is 6.92 Å². The molecule has 22 heavy (non-hydrogen) atoms. The van der Waals surface area contributed by atoms with E-state index < -0.39 is 0 Å². The van der Waals surface area contributed by atoms with Gasteiger partial charge in [-0.2, -0.15) is 0 Å². The lowest BCUT2D eigenvalue weighted by molar-refractivity contribution is 0.353. The van der Waals surface area contributed by atoms with Gasteiger partial charge in [0.2, 0.25) is 0 Å². The van der Waals surface area contributed by atoms with Crippen LogP contribution in [0.5, 0.6) is 23.0 Å². The molecule has 4 nitrogen and oxygen atoms in total. The molecule has 4 heteroatoms. The summed E-state index contributed by atoms with van der Waals surface area (Å²) in [5, 5.41) is 9.79. The molecule has 0 amide bonds. The van der Waals surface area contributed by atoms with Crippen LogP contribution in [0.1, 0.15) is 16.7 Å². The largest absolute Gasteiger partial charge is 0.504 e. The van der Waals surface area contributed by atoms with Crippen LogP contribution in [0.15, 0.2) is 30.3 Å². The number of phenolic OH excluding ortho intramolecular Hbond substituents is 1. The highest BCUT2D eigenvalue weighted by Gasteiger charge is 2.08. The van der Waals surface area contributed by atoms with Gasteiger partial charge in [0, 0.05) is 0 Å². The topological polar surface area (TPSA) is 47.9 Å². The summed E-state index contributed by atoms with van der Waals surface area (Å²) in [4.78, 5) is 0. The Labute approximate surface area is 130 Å². The van der Waals surface area contributed by atoms with Crippen molar-refractivity contribution in [2.24, 2.45) is 0 Å². The van der Waals surface area contributed by atoms with Crippen molar-refractivity contribution in [1.82, 2.24) is 0 Å². The van der Waals surface area contributed by atoms with Crippen LogP contribution >= 0.6 is 0 Å². The predicted molar refractivity (Wildman–Crippen MR) is 87.9 cm³/mol. The Morgan fingerprint density at radius 3 is 2.09 bits per heavy atom. The van der Waals surface area contributed by atoms with E-state index in [0.717, 1.165) is 22.4 Å². The van der Waals surface area contributed by atoms with Crippen molar-refractivity contribution in [2.75, 3.05) is 21.3 Å². The first-order valence-corrected chi connectivity index (χ1v) is 6.86. The highest BCUT2D eigenvalue weighted by atomic mass is 16.5. The Balaban J connectivity index is 2.30. The van der Waals surface area contributed by atoms with E-state index in [1.54, 1.807) is 26.4 Å². The van der Waals surface area contributed by atoms with Crippen molar-refractivity contribution in [3.8, 4) is 23.0 Å². The average Bonchev–Trinajstić information content (AvgIpc) is 2.52. The Hall–Kier alpha value is -2.62. The van der Waals surface area contributed by atoms with E-state index in [1.165, 1.54) is 7.11 Å². The molecule has 0 aliphatic rings. The Kier molecular flexibility index (Phi) is 4.94. The summed E-state index contributed by atoms with van der Waals surface area (Å²) in [6.45, 7) is 1.97. The van der Waals surface area contributed by atoms with Crippen LogP contribution in [0.2, 0.25) is 0 Å². The molecule has 0 saturated heterocycles. The first-order valence-electron chi connectivity index (χ1n) is 6.86. The van der Waals surface area contributed by atoms with E-state index in [0.29, 0.717) is 11.5 Å². The molecule has 0 unspecified atom stereocenters. The van der Waals surface area contributed by atoms with Crippen molar-refractivity contribution in [3.63, 3.8) is 0 Å². The van der Waals surface area contributed by atoms with Gasteiger partial charge < -0.3 is 19.3 Å². The molecule has 1 N–H and O–H groups in total. The molecule has 0 aliphatic carbocycles. The maximum absolute atomic E-state index is 9.79. The SMILES string of the molecule is COc1ccc(/C=C\c2cc(C)c(OC)c(OC)c2)cc1O. The number of aryl methyl sites for hydroxylation is 1. The van der Waals surface area contributed by atoms with Gasteiger partial charge >= 0.3 is 0 Å². The minimum atomic E-state index is 0.119. The Morgan fingerprint density at radius 1 is 0.818 bits per heavy atom. The van der Waals surface area contributed by atoms with Gasteiger partial charge in [0.1, 0.15) is 0 Å². The highest BCUT2D eigenvalue weighted by Crippen LogP contribution is 2.33. The van der Waals surface area contributed by atoms with Gasteiger partial charge in [0.15, 0.2) is 23.0 Å². The first kappa shape index (κ1) is 15.8. The maximum atomic E-state index is 9.79. The number of rotatable bonds is 5. The summed E-state index contributed by atoms with van der Waals surface area (Å²) in [6.07, 6.45) is 3.87. The smallest absolute Gasteiger partial charge is 0.163 e. The normalized spacial score (nSPS) is 10.7. The number of hydrogen-bond acceptors (Lipinski definition) is 4. The summed E-state index contributed by atoms with van der Waals surface area (Å²) in [5.41, 5.74) is 2.87. The summed E-state index contributed by atoms with van der Waals surface area (Å²) in [6, 6.07) is 9.19. The van der Waals surface area contributed by atoms with Gasteiger partial charge in [0.05, 0.1) is 21.3 Å². The second-order valence-electron chi connectivity index (χ2n) is 4.84. The third-order valence-electron chi connectivity index (χ3n) is 3.36. The van der Waals surface area contributed by atoms with Crippen molar-refractivity contribution >= 4 is 12.2 Å². The van der Waals surface area contributed by atoms with Crippen LogP contribution in [-0.4, -0.2) is 26.4 Å². The highest BCUT2D eigenvalue weighted by molar-refractivity contribution is 5.72. The number of ether oxygens (including phenoxy) is 3. The van der Waals surface area contributed by atoms with E-state index >= 15 is 0 Å². The second kappa shape index (κ2) is 6.89. The van der Waals surface area contributed by atoms with Crippen LogP contribution in [0.3, 0.4) is 0 Å². The molecule has 0 aromatic heterocycles. The van der Waals surface area contributed by atoms with E-state index in [2.05, 4.69) is 0 Å². The molecule has 0 spiro atoms. The molecule has 2 aromatic carbocycles. The van der Waals surface area contributed by atoms with Crippen LogP contribution in [0.4, 0.5) is 0 Å². The number of aromatic hydroxyl groups is 1. The molecule has 0 saturated carbocycles. The molecule has 0 heterocycles. The molecule has 2 rings (SSSR count). The average molecular weight is 300 g/mol. The predicted octanol–water partition coefficient (Wildman–Crippen LogP) is 3.90.